The molecule has 0 unspecified atom stereocenters. The highest BCUT2D eigenvalue weighted by atomic mass is 16.3. The Labute approximate surface area is 194 Å². The number of benzene rings is 2. The molecule has 2 N–H and O–H groups in total. The fraction of sp³-hybridized carbons (Fsp3) is 0.154. The zero-order valence-electron chi connectivity index (χ0n) is 18.9. The van der Waals surface area contributed by atoms with Crippen LogP contribution in [0.4, 0.5) is 5.69 Å². The maximum Gasteiger partial charge on any atom is 0.261 e. The van der Waals surface area contributed by atoms with Crippen molar-refractivity contribution >= 4 is 33.7 Å². The molecule has 0 bridgehead atoms. The Morgan fingerprint density at radius 3 is 2.71 bits per heavy atom. The van der Waals surface area contributed by atoms with Gasteiger partial charge in [-0.15, -0.1) is 0 Å². The highest BCUT2D eigenvalue weighted by molar-refractivity contribution is 6.06. The van der Waals surface area contributed by atoms with E-state index in [4.69, 9.17) is 4.42 Å². The number of amides is 1. The number of aromatic nitrogens is 3. The Morgan fingerprint density at radius 1 is 1.09 bits per heavy atom. The van der Waals surface area contributed by atoms with E-state index >= 15 is 0 Å². The van der Waals surface area contributed by atoms with Gasteiger partial charge in [0.05, 0.1) is 10.9 Å². The summed E-state index contributed by atoms with van der Waals surface area (Å²) in [6.07, 6.45) is 1.52. The molecule has 0 saturated heterocycles. The van der Waals surface area contributed by atoms with Crippen LogP contribution in [0.3, 0.4) is 0 Å². The molecule has 0 saturated carbocycles. The summed E-state index contributed by atoms with van der Waals surface area (Å²) >= 11 is 0. The van der Waals surface area contributed by atoms with E-state index < -0.39 is 11.3 Å². The van der Waals surface area contributed by atoms with Gasteiger partial charge in [0.1, 0.15) is 22.5 Å². The number of hydrogen-bond donors (Lipinski definition) is 2. The molecule has 8 nitrogen and oxygen atoms in total. The van der Waals surface area contributed by atoms with Gasteiger partial charge in [-0.1, -0.05) is 6.07 Å². The number of carbonyl (C=O) groups excluding carboxylic acids is 1. The number of oxazole rings is 1. The molecule has 1 amide bonds. The fourth-order valence-electron chi connectivity index (χ4n) is 3.90. The van der Waals surface area contributed by atoms with Crippen LogP contribution in [0.2, 0.25) is 0 Å². The van der Waals surface area contributed by atoms with Crippen LogP contribution in [-0.4, -0.2) is 25.5 Å². The number of phenolic OH excluding ortho intramolecular Hbond substituents is 1. The Bertz CT molecular complexity index is 1650. The normalized spacial score (nSPS) is 11.3. The van der Waals surface area contributed by atoms with Crippen molar-refractivity contribution in [3.05, 3.63) is 81.8 Å². The summed E-state index contributed by atoms with van der Waals surface area (Å²) < 4.78 is 7.58. The standard InChI is InChI=1S/C26H22N4O4/c1-4-30-13-19(23(32)17-8-6-15(3)27-24(17)30)25(33)28-16-7-9-21(31)18(12-16)26-29-20-11-14(2)5-10-22(20)34-26/h5-13,31H,4H2,1-3H3,(H,28,33). The van der Waals surface area contributed by atoms with Gasteiger partial charge in [-0.2, -0.15) is 0 Å². The number of aryl methyl sites for hydroxylation is 3. The summed E-state index contributed by atoms with van der Waals surface area (Å²) in [6, 6.07) is 13.6. The number of phenols is 1. The molecule has 3 aromatic heterocycles. The number of hydrogen-bond acceptors (Lipinski definition) is 6. The first-order valence-electron chi connectivity index (χ1n) is 10.9. The quantitative estimate of drug-likeness (QED) is 0.378. The number of nitrogens with zero attached hydrogens (tertiary/aromatic N) is 3. The molecule has 5 rings (SSSR count). The number of fused-ring (bicyclic) bond motifs is 2. The van der Waals surface area contributed by atoms with Crippen molar-refractivity contribution < 1.29 is 14.3 Å². The van der Waals surface area contributed by atoms with E-state index in [1.54, 1.807) is 28.8 Å². The number of carbonyl (C=O) groups is 1. The lowest BCUT2D eigenvalue weighted by Gasteiger charge is -2.12. The third kappa shape index (κ3) is 3.69. The van der Waals surface area contributed by atoms with Gasteiger partial charge in [-0.05, 0) is 68.8 Å². The lowest BCUT2D eigenvalue weighted by atomic mass is 10.1. The lowest BCUT2D eigenvalue weighted by Crippen LogP contribution is -2.24. The zero-order chi connectivity index (χ0) is 24.0. The molecule has 2 aromatic carbocycles. The van der Waals surface area contributed by atoms with Crippen molar-refractivity contribution in [3.8, 4) is 17.2 Å². The first-order chi connectivity index (χ1) is 16.3. The van der Waals surface area contributed by atoms with Crippen LogP contribution in [-0.2, 0) is 6.54 Å². The third-order valence-corrected chi connectivity index (χ3v) is 5.67. The maximum atomic E-state index is 13.1. The molecule has 34 heavy (non-hydrogen) atoms. The second-order valence-corrected chi connectivity index (χ2v) is 8.16. The molecule has 3 heterocycles. The molecule has 0 fully saturated rings. The first kappa shape index (κ1) is 21.4. The molecule has 0 aliphatic heterocycles. The minimum absolute atomic E-state index is 0.00645. The Kier molecular flexibility index (Phi) is 5.13. The van der Waals surface area contributed by atoms with Gasteiger partial charge in [-0.25, -0.2) is 9.97 Å². The predicted molar refractivity (Wildman–Crippen MR) is 130 cm³/mol. The SMILES string of the molecule is CCn1cc(C(=O)Nc2ccc(O)c(-c3nc4cc(C)ccc4o3)c2)c(=O)c2ccc(C)nc21. The van der Waals surface area contributed by atoms with E-state index in [-0.39, 0.29) is 17.2 Å². The van der Waals surface area contributed by atoms with Crippen LogP contribution in [0.25, 0.3) is 33.6 Å². The van der Waals surface area contributed by atoms with Gasteiger partial charge >= 0.3 is 0 Å². The van der Waals surface area contributed by atoms with Crippen molar-refractivity contribution in [2.24, 2.45) is 0 Å². The lowest BCUT2D eigenvalue weighted by molar-refractivity contribution is 0.102. The van der Waals surface area contributed by atoms with Crippen LogP contribution in [0, 0.1) is 13.8 Å². The zero-order valence-corrected chi connectivity index (χ0v) is 18.9. The number of anilines is 1. The fourth-order valence-corrected chi connectivity index (χ4v) is 3.90. The van der Waals surface area contributed by atoms with Crippen molar-refractivity contribution in [3.63, 3.8) is 0 Å². The Hall–Kier alpha value is -4.46. The third-order valence-electron chi connectivity index (χ3n) is 5.67. The van der Waals surface area contributed by atoms with Gasteiger partial charge in [0.25, 0.3) is 5.91 Å². The van der Waals surface area contributed by atoms with Crippen molar-refractivity contribution in [1.29, 1.82) is 0 Å². The second kappa shape index (κ2) is 8.15. The summed E-state index contributed by atoms with van der Waals surface area (Å²) in [5.41, 5.74) is 3.97. The highest BCUT2D eigenvalue weighted by Crippen LogP contribution is 2.33. The van der Waals surface area contributed by atoms with Crippen LogP contribution >= 0.6 is 0 Å². The smallest absolute Gasteiger partial charge is 0.261 e. The molecule has 0 aliphatic rings. The van der Waals surface area contributed by atoms with Gasteiger partial charge in [0.15, 0.2) is 5.58 Å². The molecule has 0 spiro atoms. The highest BCUT2D eigenvalue weighted by Gasteiger charge is 2.18. The largest absolute Gasteiger partial charge is 0.507 e. The number of pyridine rings is 2. The summed E-state index contributed by atoms with van der Waals surface area (Å²) in [4.78, 5) is 35.0. The predicted octanol–water partition coefficient (Wildman–Crippen LogP) is 4.80. The summed E-state index contributed by atoms with van der Waals surface area (Å²) in [7, 11) is 0. The van der Waals surface area contributed by atoms with Crippen molar-refractivity contribution in [2.45, 2.75) is 27.3 Å². The molecule has 170 valence electrons. The van der Waals surface area contributed by atoms with Crippen molar-refractivity contribution in [1.82, 2.24) is 14.5 Å². The Balaban J connectivity index is 1.52. The number of aromatic hydroxyl groups is 1. The van der Waals surface area contributed by atoms with Crippen LogP contribution in [0.15, 0.2) is 63.9 Å². The molecular formula is C26H22N4O4. The van der Waals surface area contributed by atoms with E-state index in [1.807, 2.05) is 39.0 Å². The second-order valence-electron chi connectivity index (χ2n) is 8.16. The van der Waals surface area contributed by atoms with Crippen LogP contribution < -0.4 is 10.7 Å². The van der Waals surface area contributed by atoms with Gasteiger partial charge in [0, 0.05) is 24.1 Å². The molecular weight excluding hydrogens is 432 g/mol. The van der Waals surface area contributed by atoms with E-state index in [0.29, 0.717) is 39.9 Å². The van der Waals surface area contributed by atoms with E-state index in [9.17, 15) is 14.7 Å². The molecule has 0 aliphatic carbocycles. The number of nitrogens with one attached hydrogen (secondary N) is 1. The van der Waals surface area contributed by atoms with E-state index in [2.05, 4.69) is 15.3 Å². The minimum Gasteiger partial charge on any atom is -0.507 e. The van der Waals surface area contributed by atoms with Gasteiger partial charge < -0.3 is 19.4 Å². The monoisotopic (exact) mass is 454 g/mol. The van der Waals surface area contributed by atoms with Crippen LogP contribution in [0.1, 0.15) is 28.5 Å². The summed E-state index contributed by atoms with van der Waals surface area (Å²) in [6.45, 7) is 6.28. The van der Waals surface area contributed by atoms with E-state index in [0.717, 1.165) is 11.3 Å². The molecule has 0 radical (unpaired) electrons. The van der Waals surface area contributed by atoms with E-state index in [1.165, 1.54) is 12.3 Å². The first-order valence-corrected chi connectivity index (χ1v) is 10.9. The van der Waals surface area contributed by atoms with Crippen molar-refractivity contribution in [2.75, 3.05) is 5.32 Å². The molecule has 8 heteroatoms. The summed E-state index contributed by atoms with van der Waals surface area (Å²) in [5, 5.41) is 13.5. The minimum atomic E-state index is -0.556. The van der Waals surface area contributed by atoms with Gasteiger partial charge in [0.2, 0.25) is 11.3 Å². The molecule has 0 atom stereocenters. The average molecular weight is 454 g/mol. The number of rotatable bonds is 4. The summed E-state index contributed by atoms with van der Waals surface area (Å²) in [5.74, 6) is -0.365. The topological polar surface area (TPSA) is 110 Å². The Morgan fingerprint density at radius 2 is 1.91 bits per heavy atom. The molecule has 5 aromatic rings. The van der Waals surface area contributed by atoms with Crippen LogP contribution in [0.5, 0.6) is 5.75 Å². The average Bonchev–Trinajstić information content (AvgIpc) is 3.23. The van der Waals surface area contributed by atoms with Gasteiger partial charge in [-0.3, -0.25) is 9.59 Å². The maximum absolute atomic E-state index is 13.1.